The van der Waals surface area contributed by atoms with E-state index >= 15 is 0 Å². The molecule has 150 valence electrons. The van der Waals surface area contributed by atoms with E-state index in [0.717, 1.165) is 16.9 Å². The van der Waals surface area contributed by atoms with E-state index in [1.807, 2.05) is 68.4 Å². The summed E-state index contributed by atoms with van der Waals surface area (Å²) in [7, 11) is 1.61. The Morgan fingerprint density at radius 3 is 2.18 bits per heavy atom. The molecule has 5 heteroatoms. The van der Waals surface area contributed by atoms with Gasteiger partial charge in [0.1, 0.15) is 11.8 Å². The molecule has 0 fully saturated rings. The zero-order valence-corrected chi connectivity index (χ0v) is 17.1. The number of hydrogen-bond donors (Lipinski definition) is 1. The predicted octanol–water partition coefficient (Wildman–Crippen LogP) is 3.43. The summed E-state index contributed by atoms with van der Waals surface area (Å²) in [6.45, 7) is 6.86. The van der Waals surface area contributed by atoms with Crippen LogP contribution in [0.3, 0.4) is 0 Å². The van der Waals surface area contributed by atoms with E-state index in [4.69, 9.17) is 4.74 Å². The molecule has 0 aliphatic heterocycles. The number of benzene rings is 2. The third-order valence-corrected chi connectivity index (χ3v) is 4.56. The largest absolute Gasteiger partial charge is 0.497 e. The molecule has 2 rings (SSSR count). The number of nitrogens with one attached hydrogen (secondary N) is 1. The van der Waals surface area contributed by atoms with Crippen molar-refractivity contribution in [3.05, 3.63) is 65.7 Å². The van der Waals surface area contributed by atoms with Crippen molar-refractivity contribution in [1.82, 2.24) is 10.2 Å². The minimum atomic E-state index is -0.551. The topological polar surface area (TPSA) is 58.6 Å². The molecule has 1 unspecified atom stereocenters. The molecule has 5 nitrogen and oxygen atoms in total. The first-order valence-electron chi connectivity index (χ1n) is 9.64. The summed E-state index contributed by atoms with van der Waals surface area (Å²) in [6, 6.07) is 16.6. The molecular weight excluding hydrogens is 352 g/mol. The van der Waals surface area contributed by atoms with Crippen molar-refractivity contribution in [2.24, 2.45) is 5.92 Å². The number of hydrogen-bond acceptors (Lipinski definition) is 3. The molecule has 0 radical (unpaired) electrons. The van der Waals surface area contributed by atoms with Crippen LogP contribution in [-0.2, 0) is 22.6 Å². The van der Waals surface area contributed by atoms with Crippen molar-refractivity contribution in [3.63, 3.8) is 0 Å². The summed E-state index contributed by atoms with van der Waals surface area (Å²) in [5.41, 5.74) is 1.88. The van der Waals surface area contributed by atoms with Crippen molar-refractivity contribution in [1.29, 1.82) is 0 Å². The van der Waals surface area contributed by atoms with Gasteiger partial charge in [-0.3, -0.25) is 9.59 Å². The molecule has 2 aromatic rings. The highest BCUT2D eigenvalue weighted by atomic mass is 16.5. The van der Waals surface area contributed by atoms with Crippen LogP contribution in [0.2, 0.25) is 0 Å². The van der Waals surface area contributed by atoms with Gasteiger partial charge < -0.3 is 15.0 Å². The average molecular weight is 383 g/mol. The average Bonchev–Trinajstić information content (AvgIpc) is 2.71. The number of nitrogens with zero attached hydrogens (tertiary/aromatic N) is 1. The van der Waals surface area contributed by atoms with Crippen LogP contribution < -0.4 is 10.1 Å². The van der Waals surface area contributed by atoms with E-state index in [9.17, 15) is 9.59 Å². The summed E-state index contributed by atoms with van der Waals surface area (Å²) in [5.74, 6) is 0.890. The predicted molar refractivity (Wildman–Crippen MR) is 111 cm³/mol. The van der Waals surface area contributed by atoms with Gasteiger partial charge in [0.05, 0.1) is 13.5 Å². The van der Waals surface area contributed by atoms with Crippen LogP contribution >= 0.6 is 0 Å². The first kappa shape index (κ1) is 21.5. The summed E-state index contributed by atoms with van der Waals surface area (Å²) in [6.07, 6.45) is 0.235. The van der Waals surface area contributed by atoms with Crippen molar-refractivity contribution in [2.75, 3.05) is 13.7 Å². The van der Waals surface area contributed by atoms with Gasteiger partial charge in [-0.15, -0.1) is 0 Å². The lowest BCUT2D eigenvalue weighted by atomic mass is 10.1. The molecule has 0 saturated carbocycles. The molecule has 0 aromatic heterocycles. The number of carbonyl (C=O) groups is 2. The third-order valence-electron chi connectivity index (χ3n) is 4.56. The smallest absolute Gasteiger partial charge is 0.242 e. The zero-order valence-electron chi connectivity index (χ0n) is 17.1. The fraction of sp³-hybridized carbons (Fsp3) is 0.391. The van der Waals surface area contributed by atoms with Gasteiger partial charge in [0.15, 0.2) is 0 Å². The molecule has 0 spiro atoms. The number of carbonyl (C=O) groups excluding carboxylic acids is 2. The van der Waals surface area contributed by atoms with E-state index < -0.39 is 6.04 Å². The Bertz CT molecular complexity index is 757. The maximum absolute atomic E-state index is 13.1. The molecular formula is C23H30N2O3. The van der Waals surface area contributed by atoms with E-state index in [-0.39, 0.29) is 18.2 Å². The Hall–Kier alpha value is -2.82. The standard InChI is InChI=1S/C23H30N2O3/c1-17(2)15-24-23(27)18(3)25(16-20-8-6-5-7-9-20)22(26)14-19-10-12-21(28-4)13-11-19/h5-13,17-18H,14-16H2,1-4H3,(H,24,27). The summed E-state index contributed by atoms with van der Waals surface area (Å²) >= 11 is 0. The molecule has 0 aliphatic carbocycles. The number of methoxy groups -OCH3 is 1. The Morgan fingerprint density at radius 1 is 0.964 bits per heavy atom. The quantitative estimate of drug-likeness (QED) is 0.723. The zero-order chi connectivity index (χ0) is 20.5. The Kier molecular flexibility index (Phi) is 8.05. The van der Waals surface area contributed by atoms with Gasteiger partial charge in [-0.05, 0) is 36.1 Å². The van der Waals surface area contributed by atoms with Gasteiger partial charge >= 0.3 is 0 Å². The van der Waals surface area contributed by atoms with Crippen LogP contribution in [0.25, 0.3) is 0 Å². The second-order valence-corrected chi connectivity index (χ2v) is 7.35. The second kappa shape index (κ2) is 10.5. The molecule has 0 aliphatic rings. The van der Waals surface area contributed by atoms with E-state index in [1.165, 1.54) is 0 Å². The van der Waals surface area contributed by atoms with Crippen LogP contribution in [0.15, 0.2) is 54.6 Å². The molecule has 28 heavy (non-hydrogen) atoms. The number of ether oxygens (including phenoxy) is 1. The van der Waals surface area contributed by atoms with Gasteiger partial charge in [0.25, 0.3) is 0 Å². The van der Waals surface area contributed by atoms with Crippen LogP contribution in [0.1, 0.15) is 31.9 Å². The van der Waals surface area contributed by atoms with Crippen LogP contribution in [0.5, 0.6) is 5.75 Å². The molecule has 0 heterocycles. The summed E-state index contributed by atoms with van der Waals surface area (Å²) in [5, 5.41) is 2.93. The van der Waals surface area contributed by atoms with Crippen molar-refractivity contribution >= 4 is 11.8 Å². The first-order chi connectivity index (χ1) is 13.4. The molecule has 0 bridgehead atoms. The van der Waals surface area contributed by atoms with Crippen molar-refractivity contribution in [3.8, 4) is 5.75 Å². The lowest BCUT2D eigenvalue weighted by Gasteiger charge is -2.29. The van der Waals surface area contributed by atoms with Crippen molar-refractivity contribution < 1.29 is 14.3 Å². The maximum atomic E-state index is 13.1. The van der Waals surface area contributed by atoms with E-state index in [1.54, 1.807) is 18.9 Å². The maximum Gasteiger partial charge on any atom is 0.242 e. The van der Waals surface area contributed by atoms with Crippen LogP contribution in [0.4, 0.5) is 0 Å². The Balaban J connectivity index is 2.15. The van der Waals surface area contributed by atoms with Gasteiger partial charge in [0, 0.05) is 13.1 Å². The number of amides is 2. The lowest BCUT2D eigenvalue weighted by molar-refractivity contribution is -0.140. The van der Waals surface area contributed by atoms with Crippen molar-refractivity contribution in [2.45, 2.75) is 39.8 Å². The minimum absolute atomic E-state index is 0.0822. The molecule has 1 N–H and O–H groups in total. The van der Waals surface area contributed by atoms with Crippen LogP contribution in [-0.4, -0.2) is 36.4 Å². The highest BCUT2D eigenvalue weighted by Gasteiger charge is 2.26. The summed E-state index contributed by atoms with van der Waals surface area (Å²) < 4.78 is 5.17. The van der Waals surface area contributed by atoms with E-state index in [2.05, 4.69) is 5.32 Å². The SMILES string of the molecule is COc1ccc(CC(=O)N(Cc2ccccc2)C(C)C(=O)NCC(C)C)cc1. The third kappa shape index (κ3) is 6.41. The van der Waals surface area contributed by atoms with Gasteiger partial charge in [0.2, 0.25) is 11.8 Å². The normalized spacial score (nSPS) is 11.8. The van der Waals surface area contributed by atoms with Gasteiger partial charge in [-0.1, -0.05) is 56.3 Å². The fourth-order valence-electron chi connectivity index (χ4n) is 2.83. The van der Waals surface area contributed by atoms with Crippen LogP contribution in [0, 0.1) is 5.92 Å². The lowest BCUT2D eigenvalue weighted by Crippen LogP contribution is -2.48. The van der Waals surface area contributed by atoms with Gasteiger partial charge in [-0.2, -0.15) is 0 Å². The first-order valence-corrected chi connectivity index (χ1v) is 9.64. The minimum Gasteiger partial charge on any atom is -0.497 e. The highest BCUT2D eigenvalue weighted by Crippen LogP contribution is 2.15. The highest BCUT2D eigenvalue weighted by molar-refractivity contribution is 5.88. The molecule has 0 saturated heterocycles. The second-order valence-electron chi connectivity index (χ2n) is 7.35. The van der Waals surface area contributed by atoms with E-state index in [0.29, 0.717) is 19.0 Å². The van der Waals surface area contributed by atoms with Gasteiger partial charge in [-0.25, -0.2) is 0 Å². The molecule has 2 amide bonds. The Morgan fingerprint density at radius 2 is 1.61 bits per heavy atom. The molecule has 1 atom stereocenters. The Labute approximate surface area is 167 Å². The molecule has 2 aromatic carbocycles. The fourth-order valence-corrected chi connectivity index (χ4v) is 2.83. The number of rotatable bonds is 9. The monoisotopic (exact) mass is 382 g/mol. The summed E-state index contributed by atoms with van der Waals surface area (Å²) in [4.78, 5) is 27.3.